The Balaban J connectivity index is 1.62. The molecule has 1 aromatic heterocycles. The Morgan fingerprint density at radius 1 is 1.30 bits per heavy atom. The van der Waals surface area contributed by atoms with Crippen molar-refractivity contribution >= 4 is 5.96 Å². The molecule has 3 rings (SSSR count). The second-order valence-electron chi connectivity index (χ2n) is 8.17. The normalized spacial score (nSPS) is 29.1. The molecule has 2 aliphatic rings. The lowest BCUT2D eigenvalue weighted by molar-refractivity contribution is 0.00393. The van der Waals surface area contributed by atoms with Crippen LogP contribution in [-0.4, -0.2) is 57.7 Å². The fourth-order valence-electron chi connectivity index (χ4n) is 3.80. The zero-order chi connectivity index (χ0) is 19.3. The molecule has 0 bridgehead atoms. The van der Waals surface area contributed by atoms with Crippen LogP contribution >= 0.6 is 0 Å². The van der Waals surface area contributed by atoms with Crippen molar-refractivity contribution in [3.63, 3.8) is 0 Å². The third kappa shape index (κ3) is 5.19. The first-order chi connectivity index (χ1) is 13.0. The average Bonchev–Trinajstić information content (AvgIpc) is 3.28. The number of rotatable bonds is 6. The molecule has 3 atom stereocenters. The number of ether oxygens (including phenoxy) is 1. The summed E-state index contributed by atoms with van der Waals surface area (Å²) >= 11 is 0. The smallest absolute Gasteiger partial charge is 0.191 e. The quantitative estimate of drug-likeness (QED) is 0.510. The van der Waals surface area contributed by atoms with Crippen LogP contribution in [0.25, 0.3) is 0 Å². The molecular weight excluding hydrogens is 344 g/mol. The van der Waals surface area contributed by atoms with Crippen molar-refractivity contribution in [2.24, 2.45) is 17.5 Å². The first-order valence-electron chi connectivity index (χ1n) is 10.1. The van der Waals surface area contributed by atoms with Gasteiger partial charge in [0, 0.05) is 32.2 Å². The van der Waals surface area contributed by atoms with Crippen molar-refractivity contribution in [2.45, 2.75) is 71.1 Å². The first kappa shape index (κ1) is 20.1. The number of nitrogens with one attached hydrogen (secondary N) is 2. The Morgan fingerprint density at radius 2 is 2.15 bits per heavy atom. The highest BCUT2D eigenvalue weighted by Gasteiger charge is 2.35. The van der Waals surface area contributed by atoms with E-state index in [1.165, 1.54) is 6.42 Å². The van der Waals surface area contributed by atoms with E-state index in [-0.39, 0.29) is 17.6 Å². The first-order valence-corrected chi connectivity index (χ1v) is 10.1. The molecule has 8 nitrogen and oxygen atoms in total. The van der Waals surface area contributed by atoms with E-state index in [2.05, 4.69) is 27.8 Å². The number of guanidine groups is 1. The van der Waals surface area contributed by atoms with Gasteiger partial charge in [-0.2, -0.15) is 0 Å². The molecule has 0 aromatic carbocycles. The maximum absolute atomic E-state index is 10.4. The lowest BCUT2D eigenvalue weighted by Crippen LogP contribution is -2.49. The van der Waals surface area contributed by atoms with Crippen LogP contribution in [-0.2, 0) is 18.3 Å². The lowest BCUT2D eigenvalue weighted by Gasteiger charge is -2.38. The van der Waals surface area contributed by atoms with Gasteiger partial charge in [-0.05, 0) is 32.6 Å². The van der Waals surface area contributed by atoms with Gasteiger partial charge in [-0.3, -0.25) is 0 Å². The highest BCUT2D eigenvalue weighted by Crippen LogP contribution is 2.35. The Morgan fingerprint density at radius 3 is 2.81 bits per heavy atom. The third-order valence-corrected chi connectivity index (χ3v) is 6.02. The maximum Gasteiger partial charge on any atom is 0.191 e. The highest BCUT2D eigenvalue weighted by molar-refractivity contribution is 5.79. The van der Waals surface area contributed by atoms with Crippen LogP contribution in [0.5, 0.6) is 0 Å². The molecule has 1 saturated carbocycles. The summed E-state index contributed by atoms with van der Waals surface area (Å²) in [5, 5.41) is 25.6. The molecule has 2 fully saturated rings. The van der Waals surface area contributed by atoms with Gasteiger partial charge < -0.3 is 25.0 Å². The van der Waals surface area contributed by atoms with E-state index in [4.69, 9.17) is 9.73 Å². The minimum absolute atomic E-state index is 0.119. The summed E-state index contributed by atoms with van der Waals surface area (Å²) in [6, 6.07) is 0. The SMILES string of the molecule is Cc1nnc(CN=C(NCC2CCCO2)NCC2(C)CCCCC2O)n1C. The largest absolute Gasteiger partial charge is 0.392 e. The number of aliphatic hydroxyl groups excluding tert-OH is 1. The van der Waals surface area contributed by atoms with Gasteiger partial charge in [0.1, 0.15) is 12.4 Å². The topological polar surface area (TPSA) is 96.6 Å². The van der Waals surface area contributed by atoms with E-state index in [0.717, 1.165) is 62.9 Å². The average molecular weight is 379 g/mol. The third-order valence-electron chi connectivity index (χ3n) is 6.02. The van der Waals surface area contributed by atoms with Crippen molar-refractivity contribution in [2.75, 3.05) is 19.7 Å². The van der Waals surface area contributed by atoms with E-state index >= 15 is 0 Å². The second kappa shape index (κ2) is 9.01. The van der Waals surface area contributed by atoms with Gasteiger partial charge in [-0.1, -0.05) is 19.8 Å². The van der Waals surface area contributed by atoms with E-state index in [1.807, 2.05) is 18.5 Å². The van der Waals surface area contributed by atoms with Gasteiger partial charge in [-0.15, -0.1) is 10.2 Å². The summed E-state index contributed by atoms with van der Waals surface area (Å²) in [7, 11) is 1.95. The van der Waals surface area contributed by atoms with Gasteiger partial charge in [0.25, 0.3) is 0 Å². The van der Waals surface area contributed by atoms with Gasteiger partial charge in [0.15, 0.2) is 11.8 Å². The van der Waals surface area contributed by atoms with Crippen LogP contribution in [0.3, 0.4) is 0 Å². The Bertz CT molecular complexity index is 640. The second-order valence-corrected chi connectivity index (χ2v) is 8.17. The predicted molar refractivity (Wildman–Crippen MR) is 104 cm³/mol. The van der Waals surface area contributed by atoms with Gasteiger partial charge in [0.2, 0.25) is 0 Å². The maximum atomic E-state index is 10.4. The minimum atomic E-state index is -0.264. The summed E-state index contributed by atoms with van der Waals surface area (Å²) in [5.74, 6) is 2.44. The number of aliphatic imine (C=N–C) groups is 1. The molecule has 8 heteroatoms. The number of nitrogens with zero attached hydrogens (tertiary/aromatic N) is 4. The monoisotopic (exact) mass is 378 g/mol. The summed E-state index contributed by atoms with van der Waals surface area (Å²) < 4.78 is 7.66. The fraction of sp³-hybridized carbons (Fsp3) is 0.842. The minimum Gasteiger partial charge on any atom is -0.392 e. The van der Waals surface area contributed by atoms with Crippen molar-refractivity contribution in [1.82, 2.24) is 25.4 Å². The Hall–Kier alpha value is -1.67. The van der Waals surface area contributed by atoms with Crippen LogP contribution in [0.2, 0.25) is 0 Å². The van der Waals surface area contributed by atoms with Crippen molar-refractivity contribution < 1.29 is 9.84 Å². The van der Waals surface area contributed by atoms with Crippen LogP contribution in [0.1, 0.15) is 57.1 Å². The molecule has 3 N–H and O–H groups in total. The molecule has 3 unspecified atom stereocenters. The number of aromatic nitrogens is 3. The van der Waals surface area contributed by atoms with Crippen molar-refractivity contribution in [1.29, 1.82) is 0 Å². The molecule has 1 aliphatic carbocycles. The zero-order valence-corrected chi connectivity index (χ0v) is 16.9. The summed E-state index contributed by atoms with van der Waals surface area (Å²) in [6.45, 7) is 6.83. The Kier molecular flexibility index (Phi) is 6.70. The Labute approximate surface area is 161 Å². The molecule has 0 spiro atoms. The number of aliphatic hydroxyl groups is 1. The van der Waals surface area contributed by atoms with Crippen LogP contribution < -0.4 is 10.6 Å². The predicted octanol–water partition coefficient (Wildman–Crippen LogP) is 1.28. The molecule has 27 heavy (non-hydrogen) atoms. The van der Waals surface area contributed by atoms with Gasteiger partial charge in [0.05, 0.1) is 12.2 Å². The molecule has 1 saturated heterocycles. The molecule has 0 radical (unpaired) electrons. The van der Waals surface area contributed by atoms with Crippen LogP contribution in [0.4, 0.5) is 0 Å². The summed E-state index contributed by atoms with van der Waals surface area (Å²) in [5.41, 5.74) is -0.119. The molecular formula is C19H34N6O2. The summed E-state index contributed by atoms with van der Waals surface area (Å²) in [6.07, 6.45) is 6.37. The molecule has 0 amide bonds. The van der Waals surface area contributed by atoms with E-state index < -0.39 is 0 Å². The zero-order valence-electron chi connectivity index (χ0n) is 16.9. The number of hydrogen-bond donors (Lipinski definition) is 3. The van der Waals surface area contributed by atoms with Crippen LogP contribution in [0, 0.1) is 12.3 Å². The van der Waals surface area contributed by atoms with Gasteiger partial charge >= 0.3 is 0 Å². The molecule has 1 aliphatic heterocycles. The van der Waals surface area contributed by atoms with Gasteiger partial charge in [-0.25, -0.2) is 4.99 Å². The van der Waals surface area contributed by atoms with Crippen molar-refractivity contribution in [3.05, 3.63) is 11.6 Å². The number of aryl methyl sites for hydroxylation is 1. The summed E-state index contributed by atoms with van der Waals surface area (Å²) in [4.78, 5) is 4.70. The standard InChI is InChI=1S/C19H34N6O2/c1-14-23-24-17(25(14)3)12-21-18(20-11-15-7-6-10-27-15)22-13-19(2)9-5-4-8-16(19)26/h15-16,26H,4-13H2,1-3H3,(H2,20,21,22). The molecule has 152 valence electrons. The van der Waals surface area contributed by atoms with E-state index in [0.29, 0.717) is 13.1 Å². The number of hydrogen-bond acceptors (Lipinski definition) is 5. The highest BCUT2D eigenvalue weighted by atomic mass is 16.5. The molecule has 1 aromatic rings. The fourth-order valence-corrected chi connectivity index (χ4v) is 3.80. The lowest BCUT2D eigenvalue weighted by atomic mass is 9.73. The van der Waals surface area contributed by atoms with Crippen molar-refractivity contribution in [3.8, 4) is 0 Å². The van der Waals surface area contributed by atoms with E-state index in [1.54, 1.807) is 0 Å². The van der Waals surface area contributed by atoms with Crippen LogP contribution in [0.15, 0.2) is 4.99 Å². The van der Waals surface area contributed by atoms with E-state index in [9.17, 15) is 5.11 Å². The molecule has 2 heterocycles.